The molecule has 1 N–H and O–H groups in total. The summed E-state index contributed by atoms with van der Waals surface area (Å²) in [4.78, 5) is 19.0. The molecule has 0 bridgehead atoms. The molecule has 20 heavy (non-hydrogen) atoms. The van der Waals surface area contributed by atoms with E-state index in [-0.39, 0.29) is 11.6 Å². The average molecular weight is 273 g/mol. The highest BCUT2D eigenvalue weighted by Crippen LogP contribution is 2.32. The lowest BCUT2D eigenvalue weighted by Crippen LogP contribution is -2.35. The SMILES string of the molecule is CCN1C(O)CCC1c1nc2ccccc2n(C)c1=O. The van der Waals surface area contributed by atoms with E-state index in [0.717, 1.165) is 17.5 Å². The molecule has 0 aliphatic carbocycles. The summed E-state index contributed by atoms with van der Waals surface area (Å²) in [7, 11) is 1.78. The van der Waals surface area contributed by atoms with Gasteiger partial charge in [0.05, 0.1) is 17.1 Å². The Kier molecular flexibility index (Phi) is 3.31. The Morgan fingerprint density at radius 2 is 2.10 bits per heavy atom. The molecule has 2 unspecified atom stereocenters. The van der Waals surface area contributed by atoms with Gasteiger partial charge < -0.3 is 9.67 Å². The molecule has 1 fully saturated rings. The highest BCUT2D eigenvalue weighted by atomic mass is 16.3. The molecule has 2 heterocycles. The van der Waals surface area contributed by atoms with Crippen molar-refractivity contribution in [3.63, 3.8) is 0 Å². The van der Waals surface area contributed by atoms with Crippen LogP contribution in [0.2, 0.25) is 0 Å². The third-order valence-electron chi connectivity index (χ3n) is 4.17. The van der Waals surface area contributed by atoms with Crippen LogP contribution in [0.15, 0.2) is 29.1 Å². The largest absolute Gasteiger partial charge is 0.378 e. The van der Waals surface area contributed by atoms with Crippen molar-refractivity contribution in [2.24, 2.45) is 7.05 Å². The molecule has 1 saturated heterocycles. The van der Waals surface area contributed by atoms with Gasteiger partial charge in [-0.2, -0.15) is 0 Å². The molecule has 0 amide bonds. The normalized spacial score (nSPS) is 23.6. The van der Waals surface area contributed by atoms with Crippen LogP contribution in [0.3, 0.4) is 0 Å². The van der Waals surface area contributed by atoms with E-state index in [0.29, 0.717) is 18.7 Å². The maximum Gasteiger partial charge on any atom is 0.274 e. The van der Waals surface area contributed by atoms with Crippen molar-refractivity contribution < 1.29 is 5.11 Å². The minimum Gasteiger partial charge on any atom is -0.378 e. The maximum atomic E-state index is 12.5. The van der Waals surface area contributed by atoms with Crippen LogP contribution in [0.25, 0.3) is 11.0 Å². The second kappa shape index (κ2) is 5.00. The molecule has 1 aromatic heterocycles. The van der Waals surface area contributed by atoms with E-state index < -0.39 is 6.23 Å². The number of likely N-dealkylation sites (tertiary alicyclic amines) is 1. The summed E-state index contributed by atoms with van der Waals surface area (Å²) < 4.78 is 1.65. The van der Waals surface area contributed by atoms with Crippen LogP contribution in [-0.2, 0) is 7.05 Å². The monoisotopic (exact) mass is 273 g/mol. The average Bonchev–Trinajstić information content (AvgIpc) is 2.83. The first kappa shape index (κ1) is 13.3. The van der Waals surface area contributed by atoms with Gasteiger partial charge in [-0.3, -0.25) is 9.69 Å². The van der Waals surface area contributed by atoms with Gasteiger partial charge in [0, 0.05) is 7.05 Å². The minimum absolute atomic E-state index is 0.0683. The zero-order chi connectivity index (χ0) is 14.3. The number of benzene rings is 1. The van der Waals surface area contributed by atoms with E-state index in [1.54, 1.807) is 11.6 Å². The molecule has 0 radical (unpaired) electrons. The summed E-state index contributed by atoms with van der Waals surface area (Å²) in [6, 6.07) is 7.55. The van der Waals surface area contributed by atoms with Crippen molar-refractivity contribution in [1.82, 2.24) is 14.5 Å². The predicted octanol–water partition coefficient (Wildman–Crippen LogP) is 1.41. The van der Waals surface area contributed by atoms with Gasteiger partial charge >= 0.3 is 0 Å². The number of hydrogen-bond acceptors (Lipinski definition) is 4. The van der Waals surface area contributed by atoms with Gasteiger partial charge in [-0.05, 0) is 31.5 Å². The molecule has 0 spiro atoms. The van der Waals surface area contributed by atoms with Crippen LogP contribution >= 0.6 is 0 Å². The van der Waals surface area contributed by atoms with E-state index in [1.165, 1.54) is 0 Å². The van der Waals surface area contributed by atoms with Gasteiger partial charge in [0.15, 0.2) is 0 Å². The summed E-state index contributed by atoms with van der Waals surface area (Å²) in [5, 5.41) is 9.98. The molecular formula is C15H19N3O2. The third kappa shape index (κ3) is 1.94. The minimum atomic E-state index is -0.469. The second-order valence-corrected chi connectivity index (χ2v) is 5.25. The quantitative estimate of drug-likeness (QED) is 0.899. The molecule has 1 aliphatic heterocycles. The summed E-state index contributed by atoms with van der Waals surface area (Å²) >= 11 is 0. The van der Waals surface area contributed by atoms with E-state index in [4.69, 9.17) is 0 Å². The Labute approximate surface area is 117 Å². The van der Waals surface area contributed by atoms with Gasteiger partial charge in [-0.1, -0.05) is 19.1 Å². The Balaban J connectivity index is 2.17. The molecule has 106 valence electrons. The van der Waals surface area contributed by atoms with Crippen molar-refractivity contribution >= 4 is 11.0 Å². The smallest absolute Gasteiger partial charge is 0.274 e. The fourth-order valence-electron chi connectivity index (χ4n) is 3.09. The Morgan fingerprint density at radius 3 is 2.85 bits per heavy atom. The molecule has 5 nitrogen and oxygen atoms in total. The number of para-hydroxylation sites is 2. The highest BCUT2D eigenvalue weighted by Gasteiger charge is 2.34. The first-order valence-electron chi connectivity index (χ1n) is 7.03. The van der Waals surface area contributed by atoms with Crippen LogP contribution in [0.4, 0.5) is 0 Å². The van der Waals surface area contributed by atoms with Gasteiger partial charge in [-0.25, -0.2) is 4.98 Å². The number of aliphatic hydroxyl groups excluding tert-OH is 1. The molecule has 3 rings (SSSR count). The Bertz CT molecular complexity index is 695. The van der Waals surface area contributed by atoms with Crippen LogP contribution in [0, 0.1) is 0 Å². The number of rotatable bonds is 2. The van der Waals surface area contributed by atoms with Gasteiger partial charge in [0.1, 0.15) is 11.9 Å². The van der Waals surface area contributed by atoms with Crippen molar-refractivity contribution in [3.05, 3.63) is 40.3 Å². The van der Waals surface area contributed by atoms with Crippen molar-refractivity contribution in [2.45, 2.75) is 32.0 Å². The lowest BCUT2D eigenvalue weighted by atomic mass is 10.1. The van der Waals surface area contributed by atoms with Crippen LogP contribution in [-0.4, -0.2) is 32.3 Å². The number of fused-ring (bicyclic) bond motifs is 1. The Morgan fingerprint density at radius 1 is 1.35 bits per heavy atom. The van der Waals surface area contributed by atoms with E-state index >= 15 is 0 Å². The van der Waals surface area contributed by atoms with Crippen LogP contribution in [0.5, 0.6) is 0 Å². The molecule has 0 saturated carbocycles. The fourth-order valence-corrected chi connectivity index (χ4v) is 3.09. The molecule has 1 aromatic carbocycles. The van der Waals surface area contributed by atoms with E-state index in [9.17, 15) is 9.90 Å². The number of nitrogens with zero attached hydrogens (tertiary/aromatic N) is 3. The van der Waals surface area contributed by atoms with E-state index in [1.807, 2.05) is 36.1 Å². The molecule has 5 heteroatoms. The standard InChI is InChI=1S/C15H19N3O2/c1-3-18-12(8-9-13(18)19)14-15(20)17(2)11-7-5-4-6-10(11)16-14/h4-7,12-13,19H,3,8-9H2,1-2H3. The first-order chi connectivity index (χ1) is 9.63. The fraction of sp³-hybridized carbons (Fsp3) is 0.467. The highest BCUT2D eigenvalue weighted by molar-refractivity contribution is 5.74. The second-order valence-electron chi connectivity index (χ2n) is 5.25. The van der Waals surface area contributed by atoms with Crippen molar-refractivity contribution in [2.75, 3.05) is 6.54 Å². The summed E-state index contributed by atoms with van der Waals surface area (Å²) in [6.07, 6.45) is 0.995. The number of hydrogen-bond donors (Lipinski definition) is 1. The zero-order valence-corrected chi connectivity index (χ0v) is 11.8. The van der Waals surface area contributed by atoms with Crippen LogP contribution in [0.1, 0.15) is 31.5 Å². The topological polar surface area (TPSA) is 58.4 Å². The molecular weight excluding hydrogens is 254 g/mol. The van der Waals surface area contributed by atoms with Gasteiger partial charge in [0.25, 0.3) is 5.56 Å². The van der Waals surface area contributed by atoms with E-state index in [2.05, 4.69) is 4.98 Å². The number of aromatic nitrogens is 2. The summed E-state index contributed by atoms with van der Waals surface area (Å²) in [5.74, 6) is 0. The molecule has 2 aromatic rings. The number of aryl methyl sites for hydroxylation is 1. The third-order valence-corrected chi connectivity index (χ3v) is 4.17. The molecule has 2 atom stereocenters. The van der Waals surface area contributed by atoms with Gasteiger partial charge in [0.2, 0.25) is 0 Å². The molecule has 1 aliphatic rings. The number of aliphatic hydroxyl groups is 1. The predicted molar refractivity (Wildman–Crippen MR) is 77.3 cm³/mol. The summed E-state index contributed by atoms with van der Waals surface area (Å²) in [6.45, 7) is 2.70. The van der Waals surface area contributed by atoms with Crippen molar-refractivity contribution in [1.29, 1.82) is 0 Å². The Hall–Kier alpha value is -1.72. The summed E-state index contributed by atoms with van der Waals surface area (Å²) in [5.41, 5.74) is 2.13. The maximum absolute atomic E-state index is 12.5. The first-order valence-corrected chi connectivity index (χ1v) is 7.03. The zero-order valence-electron chi connectivity index (χ0n) is 11.8. The van der Waals surface area contributed by atoms with Crippen LogP contribution < -0.4 is 5.56 Å². The van der Waals surface area contributed by atoms with Crippen molar-refractivity contribution in [3.8, 4) is 0 Å². The van der Waals surface area contributed by atoms with Gasteiger partial charge in [-0.15, -0.1) is 0 Å². The lowest BCUT2D eigenvalue weighted by Gasteiger charge is -2.25. The lowest BCUT2D eigenvalue weighted by molar-refractivity contribution is 0.0198.